The highest BCUT2D eigenvalue weighted by Crippen LogP contribution is 2.28. The normalized spacial score (nSPS) is 11.6. The average Bonchev–Trinajstić information content (AvgIpc) is 2.92. The van der Waals surface area contributed by atoms with Gasteiger partial charge in [-0.1, -0.05) is 18.2 Å². The van der Waals surface area contributed by atoms with Crippen molar-refractivity contribution in [2.45, 2.75) is 4.90 Å². The van der Waals surface area contributed by atoms with Gasteiger partial charge in [-0.2, -0.15) is 0 Å². The van der Waals surface area contributed by atoms with E-state index in [0.29, 0.717) is 16.5 Å². The molecule has 7 heteroatoms. The molecule has 0 aliphatic rings. The molecule has 2 aromatic carbocycles. The van der Waals surface area contributed by atoms with Crippen LogP contribution in [0.25, 0.3) is 10.9 Å². The van der Waals surface area contributed by atoms with E-state index in [0.717, 1.165) is 3.57 Å². The number of methoxy groups -OCH3 is 1. The topological polar surface area (TPSA) is 65.4 Å². The Balaban J connectivity index is 2.22. The molecule has 1 heterocycles. The predicted molar refractivity (Wildman–Crippen MR) is 95.0 cm³/mol. The first-order chi connectivity index (χ1) is 10.9. The minimum atomic E-state index is -3.69. The number of rotatable bonds is 3. The summed E-state index contributed by atoms with van der Waals surface area (Å²) in [5, 5.41) is 0.688. The van der Waals surface area contributed by atoms with E-state index in [1.165, 1.54) is 11.1 Å². The minimum absolute atomic E-state index is 0.213. The van der Waals surface area contributed by atoms with Crippen molar-refractivity contribution in [2.75, 3.05) is 7.11 Å². The third-order valence-electron chi connectivity index (χ3n) is 3.44. The monoisotopic (exact) mass is 441 g/mol. The molecular weight excluding hydrogens is 429 g/mol. The number of esters is 1. The molecule has 0 N–H and O–H groups in total. The van der Waals surface area contributed by atoms with Crippen molar-refractivity contribution >= 4 is 49.5 Å². The molecule has 0 fully saturated rings. The van der Waals surface area contributed by atoms with Gasteiger partial charge in [0.1, 0.15) is 0 Å². The number of ether oxygens (including phenoxy) is 1. The Bertz CT molecular complexity index is 994. The number of halogens is 1. The molecule has 0 saturated heterocycles. The van der Waals surface area contributed by atoms with E-state index in [-0.39, 0.29) is 4.90 Å². The van der Waals surface area contributed by atoms with Crippen LogP contribution in [0.3, 0.4) is 0 Å². The molecule has 0 radical (unpaired) electrons. The highest BCUT2D eigenvalue weighted by atomic mass is 127. The number of benzene rings is 2. The summed E-state index contributed by atoms with van der Waals surface area (Å²) < 4.78 is 32.3. The standard InChI is InChI=1S/C16H12INO4S/c1-22-16(19)11-7-8-15-13(9-11)14(17)10-18(15)23(20,21)12-5-3-2-4-6-12/h2-10H,1H3. The Morgan fingerprint density at radius 1 is 1.13 bits per heavy atom. The molecular formula is C16H12INO4S. The second-order valence-corrected chi connectivity index (χ2v) is 7.79. The van der Waals surface area contributed by atoms with Crippen molar-refractivity contribution in [3.63, 3.8) is 0 Å². The van der Waals surface area contributed by atoms with Crippen molar-refractivity contribution in [3.05, 3.63) is 63.9 Å². The molecule has 3 rings (SSSR count). The van der Waals surface area contributed by atoms with Gasteiger partial charge in [0, 0.05) is 15.2 Å². The first kappa shape index (κ1) is 16.0. The van der Waals surface area contributed by atoms with Gasteiger partial charge in [-0.05, 0) is 52.9 Å². The van der Waals surface area contributed by atoms with Gasteiger partial charge in [-0.25, -0.2) is 17.2 Å². The summed E-state index contributed by atoms with van der Waals surface area (Å²) in [7, 11) is -2.38. The summed E-state index contributed by atoms with van der Waals surface area (Å²) >= 11 is 2.05. The molecule has 0 aliphatic carbocycles. The summed E-state index contributed by atoms with van der Waals surface area (Å²) in [6, 6.07) is 13.0. The van der Waals surface area contributed by atoms with E-state index < -0.39 is 16.0 Å². The summed E-state index contributed by atoms with van der Waals surface area (Å²) in [5.74, 6) is -0.457. The van der Waals surface area contributed by atoms with Crippen molar-refractivity contribution in [2.24, 2.45) is 0 Å². The lowest BCUT2D eigenvalue weighted by Gasteiger charge is -2.07. The zero-order valence-corrected chi connectivity index (χ0v) is 15.0. The third kappa shape index (κ3) is 2.74. The fraction of sp³-hybridized carbons (Fsp3) is 0.0625. The zero-order chi connectivity index (χ0) is 16.6. The first-order valence-electron chi connectivity index (χ1n) is 6.64. The van der Waals surface area contributed by atoms with Gasteiger partial charge in [0.05, 0.1) is 23.1 Å². The summed E-state index contributed by atoms with van der Waals surface area (Å²) in [6.07, 6.45) is 1.55. The molecule has 1 aromatic heterocycles. The van der Waals surface area contributed by atoms with Crippen molar-refractivity contribution < 1.29 is 17.9 Å². The number of carbonyl (C=O) groups excluding carboxylic acids is 1. The fourth-order valence-corrected chi connectivity index (χ4v) is 4.60. The van der Waals surface area contributed by atoms with Gasteiger partial charge >= 0.3 is 5.97 Å². The lowest BCUT2D eigenvalue weighted by atomic mass is 10.1. The summed E-state index contributed by atoms with van der Waals surface area (Å²) in [5.41, 5.74) is 0.902. The Morgan fingerprint density at radius 3 is 2.48 bits per heavy atom. The quantitative estimate of drug-likeness (QED) is 0.463. The molecule has 0 amide bonds. The van der Waals surface area contributed by atoms with Crippen LogP contribution >= 0.6 is 22.6 Å². The summed E-state index contributed by atoms with van der Waals surface area (Å²) in [6.45, 7) is 0. The molecule has 3 aromatic rings. The molecule has 23 heavy (non-hydrogen) atoms. The molecule has 5 nitrogen and oxygen atoms in total. The maximum Gasteiger partial charge on any atom is 0.337 e. The van der Waals surface area contributed by atoms with Crippen LogP contribution in [-0.4, -0.2) is 25.5 Å². The van der Waals surface area contributed by atoms with E-state index in [9.17, 15) is 13.2 Å². The number of nitrogens with zero attached hydrogens (tertiary/aromatic N) is 1. The highest BCUT2D eigenvalue weighted by Gasteiger charge is 2.21. The number of fused-ring (bicyclic) bond motifs is 1. The van der Waals surface area contributed by atoms with Gasteiger partial charge in [0.2, 0.25) is 0 Å². The number of hydrogen-bond acceptors (Lipinski definition) is 4. The Morgan fingerprint density at radius 2 is 1.83 bits per heavy atom. The lowest BCUT2D eigenvalue weighted by molar-refractivity contribution is 0.0601. The van der Waals surface area contributed by atoms with Crippen LogP contribution in [0.4, 0.5) is 0 Å². The molecule has 0 bridgehead atoms. The first-order valence-corrected chi connectivity index (χ1v) is 9.16. The maximum absolute atomic E-state index is 12.8. The lowest BCUT2D eigenvalue weighted by Crippen LogP contribution is -2.11. The SMILES string of the molecule is COC(=O)c1ccc2c(c1)c(I)cn2S(=O)(=O)c1ccccc1. The Labute approximate surface area is 147 Å². The van der Waals surface area contributed by atoms with E-state index >= 15 is 0 Å². The summed E-state index contributed by atoms with van der Waals surface area (Å²) in [4.78, 5) is 11.9. The van der Waals surface area contributed by atoms with Gasteiger partial charge in [0.25, 0.3) is 10.0 Å². The van der Waals surface area contributed by atoms with Crippen LogP contribution in [0.15, 0.2) is 59.6 Å². The smallest absolute Gasteiger partial charge is 0.337 e. The molecule has 0 saturated carbocycles. The van der Waals surface area contributed by atoms with Crippen molar-refractivity contribution in [1.82, 2.24) is 3.97 Å². The van der Waals surface area contributed by atoms with E-state index in [1.807, 2.05) is 0 Å². The van der Waals surface area contributed by atoms with Crippen LogP contribution in [0.1, 0.15) is 10.4 Å². The Kier molecular flexibility index (Phi) is 4.15. The molecule has 0 spiro atoms. The van der Waals surface area contributed by atoms with Crippen molar-refractivity contribution in [1.29, 1.82) is 0 Å². The van der Waals surface area contributed by atoms with Crippen LogP contribution in [-0.2, 0) is 14.8 Å². The number of carbonyl (C=O) groups is 1. The van der Waals surface area contributed by atoms with Gasteiger partial charge < -0.3 is 4.74 Å². The highest BCUT2D eigenvalue weighted by molar-refractivity contribution is 14.1. The largest absolute Gasteiger partial charge is 0.465 e. The maximum atomic E-state index is 12.8. The number of aromatic nitrogens is 1. The zero-order valence-electron chi connectivity index (χ0n) is 12.1. The van der Waals surface area contributed by atoms with Crippen LogP contribution < -0.4 is 0 Å². The number of hydrogen-bond donors (Lipinski definition) is 0. The second-order valence-electron chi connectivity index (χ2n) is 4.81. The van der Waals surface area contributed by atoms with Gasteiger partial charge in [0.15, 0.2) is 0 Å². The Hall–Kier alpha value is -1.87. The molecule has 0 aliphatic heterocycles. The molecule has 0 unspecified atom stereocenters. The molecule has 0 atom stereocenters. The predicted octanol–water partition coefficient (Wildman–Crippen LogP) is 3.27. The van der Waals surface area contributed by atoms with E-state index in [4.69, 9.17) is 4.74 Å². The van der Waals surface area contributed by atoms with Crippen molar-refractivity contribution in [3.8, 4) is 0 Å². The molecule has 118 valence electrons. The van der Waals surface area contributed by atoms with Gasteiger partial charge in [-0.3, -0.25) is 0 Å². The van der Waals surface area contributed by atoms with E-state index in [2.05, 4.69) is 22.6 Å². The van der Waals surface area contributed by atoms with E-state index in [1.54, 1.807) is 54.7 Å². The fourth-order valence-electron chi connectivity index (χ4n) is 2.31. The third-order valence-corrected chi connectivity index (χ3v) is 5.99. The van der Waals surface area contributed by atoms with Crippen LogP contribution in [0.2, 0.25) is 0 Å². The van der Waals surface area contributed by atoms with Gasteiger partial charge in [-0.15, -0.1) is 0 Å². The minimum Gasteiger partial charge on any atom is -0.465 e. The van der Waals surface area contributed by atoms with Crippen LogP contribution in [0.5, 0.6) is 0 Å². The second kappa shape index (κ2) is 5.97. The van der Waals surface area contributed by atoms with Crippen LogP contribution in [0, 0.1) is 3.57 Å². The average molecular weight is 441 g/mol.